The smallest absolute Gasteiger partial charge is 0.337 e. The van der Waals surface area contributed by atoms with Crippen molar-refractivity contribution in [1.82, 2.24) is 0 Å². The van der Waals surface area contributed by atoms with Crippen molar-refractivity contribution in [2.24, 2.45) is 50.2 Å². The van der Waals surface area contributed by atoms with Crippen LogP contribution in [-0.4, -0.2) is 172 Å². The molecule has 626 valence electrons. The molecule has 26 heteroatoms. The standard InChI is InChI=1S/C92H102O26/c1-87(2)66-43-46-92(7)81(65(93)51-63-64-52-89(4,86(103)104)48-47-88(64,3)49-50-91(63,92)6)90(66,5)45-44-67(87)110-84-80(76(114-71(97)41-26-56-19-34-61(108-11)35-20-56)74(77(116-84)82(99)100)112-69(95)39-24-54-15-30-59(106-9)31-16-54)118-85-79(115-72(98)42-27-57-21-36-62(109-12)37-22-57)75(113-70(96)40-25-55-17-32-60(107-10)33-18-55)73(78(117-85)83(101)102)111-68(94)38-23-53-13-28-58(105-8)29-14-53/h13-42,51,64,66-67,73-81,84-85H,43-50,52H2,1-12H3,(H,99,100)(H,101,102)(H,103,104)/b38-23+,39-24+,40-25+,41-26+,42-27+/t64?,66?,67-,73-,74-,75-,76-,77-,78-,79+,80+,81?,84+,85-,88+,89-,90-,91+,92+/m0/s1. The summed E-state index contributed by atoms with van der Waals surface area (Å²) in [7, 11) is 7.35. The Hall–Kier alpha value is -11.2. The lowest BCUT2D eigenvalue weighted by molar-refractivity contribution is -0.371. The zero-order valence-electron chi connectivity index (χ0n) is 68.1. The summed E-state index contributed by atoms with van der Waals surface area (Å²) < 4.78 is 85.3. The molecular formula is C92H102O26. The van der Waals surface area contributed by atoms with Crippen LogP contribution in [0.1, 0.15) is 134 Å². The van der Waals surface area contributed by atoms with Gasteiger partial charge < -0.3 is 81.6 Å². The van der Waals surface area contributed by atoms with Gasteiger partial charge in [0.15, 0.2) is 60.9 Å². The number of aliphatic carboxylic acids is 3. The van der Waals surface area contributed by atoms with Crippen LogP contribution in [0.5, 0.6) is 28.7 Å². The molecule has 0 radical (unpaired) electrons. The number of fused-ring (bicyclic) bond motifs is 7. The van der Waals surface area contributed by atoms with Gasteiger partial charge in [-0.05, 0) is 229 Å². The lowest BCUT2D eigenvalue weighted by atomic mass is 9.33. The summed E-state index contributed by atoms with van der Waals surface area (Å²) in [5.74, 6) is -9.20. The molecule has 2 aliphatic heterocycles. The average Bonchev–Trinajstić information content (AvgIpc) is 0.671. The second-order valence-electron chi connectivity index (χ2n) is 33.2. The first kappa shape index (κ1) is 86.2. The number of carbonyl (C=O) groups is 9. The number of hydrogen-bond donors (Lipinski definition) is 3. The van der Waals surface area contributed by atoms with Gasteiger partial charge in [-0.1, -0.05) is 108 Å². The number of esters is 5. The number of methoxy groups -OCH3 is 5. The van der Waals surface area contributed by atoms with Gasteiger partial charge in [0.1, 0.15) is 28.7 Å². The molecule has 2 heterocycles. The van der Waals surface area contributed by atoms with Gasteiger partial charge in [-0.3, -0.25) is 9.59 Å². The van der Waals surface area contributed by atoms with E-state index in [0.717, 1.165) is 48.8 Å². The Morgan fingerprint density at radius 3 is 1.12 bits per heavy atom. The third-order valence-electron chi connectivity index (χ3n) is 26.0. The van der Waals surface area contributed by atoms with E-state index in [-0.39, 0.29) is 29.5 Å². The first-order chi connectivity index (χ1) is 56.2. The lowest BCUT2D eigenvalue weighted by Gasteiger charge is -2.70. The van der Waals surface area contributed by atoms with Gasteiger partial charge in [0.05, 0.1) is 47.1 Å². The number of rotatable bonds is 27. The van der Waals surface area contributed by atoms with Crippen LogP contribution < -0.4 is 23.7 Å². The first-order valence-electron chi connectivity index (χ1n) is 39.4. The van der Waals surface area contributed by atoms with Crippen molar-refractivity contribution in [2.45, 2.75) is 174 Å². The number of benzene rings is 5. The maximum Gasteiger partial charge on any atom is 0.337 e. The fourth-order valence-electron chi connectivity index (χ4n) is 19.2. The normalized spacial score (nSPS) is 31.6. The van der Waals surface area contributed by atoms with Crippen LogP contribution in [-0.2, 0) is 85.8 Å². The van der Waals surface area contributed by atoms with Crippen molar-refractivity contribution in [3.05, 3.63) is 191 Å². The minimum Gasteiger partial charge on any atom is -0.497 e. The number of ether oxygens (including phenoxy) is 14. The molecule has 3 N–H and O–H groups in total. The molecular weight excluding hydrogens is 1520 g/mol. The van der Waals surface area contributed by atoms with E-state index in [4.69, 9.17) is 66.3 Å². The largest absolute Gasteiger partial charge is 0.497 e. The predicted molar refractivity (Wildman–Crippen MR) is 429 cm³/mol. The maximum absolute atomic E-state index is 15.7. The van der Waals surface area contributed by atoms with Gasteiger partial charge in [-0.2, -0.15) is 0 Å². The van der Waals surface area contributed by atoms with Crippen LogP contribution in [0, 0.1) is 50.2 Å². The molecule has 26 nitrogen and oxygen atoms in total. The van der Waals surface area contributed by atoms with Crippen LogP contribution in [0.25, 0.3) is 30.4 Å². The Bertz CT molecular complexity index is 4730. The third kappa shape index (κ3) is 18.1. The number of hydrogen-bond acceptors (Lipinski definition) is 23. The number of ketones is 1. The molecule has 4 saturated carbocycles. The zero-order valence-corrected chi connectivity index (χ0v) is 68.1. The maximum atomic E-state index is 15.7. The number of carbonyl (C=O) groups excluding carboxylic acids is 6. The second kappa shape index (κ2) is 35.6. The van der Waals surface area contributed by atoms with E-state index in [0.29, 0.717) is 95.1 Å². The highest BCUT2D eigenvalue weighted by Crippen LogP contribution is 2.75. The summed E-state index contributed by atoms with van der Waals surface area (Å²) in [6.45, 7) is 14.6. The summed E-state index contributed by atoms with van der Waals surface area (Å²) in [6.07, 6.45) is -5.41. The second-order valence-corrected chi connectivity index (χ2v) is 33.2. The van der Waals surface area contributed by atoms with Crippen molar-refractivity contribution in [1.29, 1.82) is 0 Å². The predicted octanol–water partition coefficient (Wildman–Crippen LogP) is 13.6. The Morgan fingerprint density at radius 1 is 0.407 bits per heavy atom. The van der Waals surface area contributed by atoms with E-state index in [1.54, 1.807) is 121 Å². The molecule has 0 bridgehead atoms. The number of carboxylic acids is 3. The average molecular weight is 1620 g/mol. The molecule has 6 fully saturated rings. The highest BCUT2D eigenvalue weighted by atomic mass is 16.8. The Balaban J connectivity index is 0.987. The van der Waals surface area contributed by atoms with Crippen LogP contribution in [0.15, 0.2) is 163 Å². The highest BCUT2D eigenvalue weighted by Gasteiger charge is 2.71. The lowest BCUT2D eigenvalue weighted by Crippen LogP contribution is -2.69. The summed E-state index contributed by atoms with van der Waals surface area (Å²) in [4.78, 5) is 131. The molecule has 12 rings (SSSR count). The van der Waals surface area contributed by atoms with Gasteiger partial charge in [0.25, 0.3) is 0 Å². The highest BCUT2D eigenvalue weighted by molar-refractivity contribution is 5.96. The molecule has 118 heavy (non-hydrogen) atoms. The molecule has 5 aromatic rings. The van der Waals surface area contributed by atoms with Gasteiger partial charge in [0.2, 0.25) is 6.29 Å². The monoisotopic (exact) mass is 1620 g/mol. The Morgan fingerprint density at radius 2 is 0.754 bits per heavy atom. The molecule has 3 unspecified atom stereocenters. The molecule has 0 amide bonds. The fourth-order valence-corrected chi connectivity index (χ4v) is 19.2. The van der Waals surface area contributed by atoms with Crippen LogP contribution in [0.3, 0.4) is 0 Å². The van der Waals surface area contributed by atoms with Crippen molar-refractivity contribution in [2.75, 3.05) is 35.5 Å². The zero-order chi connectivity index (χ0) is 84.8. The van der Waals surface area contributed by atoms with Crippen molar-refractivity contribution < 1.29 is 125 Å². The minimum absolute atomic E-state index is 0.0411. The quantitative estimate of drug-likeness (QED) is 0.0190. The summed E-state index contributed by atoms with van der Waals surface area (Å²) in [6, 6.07) is 32.4. The third-order valence-corrected chi connectivity index (χ3v) is 26.0. The number of carboxylic acid groups (broad SMARTS) is 3. The molecule has 5 aromatic carbocycles. The molecule has 2 saturated heterocycles. The summed E-state index contributed by atoms with van der Waals surface area (Å²) in [5.41, 5.74) is -0.788. The van der Waals surface area contributed by atoms with Crippen molar-refractivity contribution >= 4 is 83.9 Å². The van der Waals surface area contributed by atoms with E-state index >= 15 is 9.59 Å². The topological polar surface area (TPSA) is 344 Å². The fraction of sp³-hybridized carbons (Fsp3) is 0.446. The Kier molecular flexibility index (Phi) is 26.0. The van der Waals surface area contributed by atoms with Gasteiger partial charge >= 0.3 is 47.8 Å². The van der Waals surface area contributed by atoms with Crippen LogP contribution in [0.2, 0.25) is 0 Å². The molecule has 7 aliphatic rings. The first-order valence-corrected chi connectivity index (χ1v) is 39.4. The van der Waals surface area contributed by atoms with E-state index in [2.05, 4.69) is 27.7 Å². The molecule has 19 atom stereocenters. The van der Waals surface area contributed by atoms with E-state index in [9.17, 15) is 48.9 Å². The van der Waals surface area contributed by atoms with Crippen molar-refractivity contribution in [3.63, 3.8) is 0 Å². The van der Waals surface area contributed by atoms with E-state index in [1.165, 1.54) is 65.9 Å². The molecule has 0 spiro atoms. The Labute approximate surface area is 685 Å². The van der Waals surface area contributed by atoms with Gasteiger partial charge in [0, 0.05) is 36.3 Å². The molecule has 0 aromatic heterocycles. The number of allylic oxidation sites excluding steroid dienone is 2. The van der Waals surface area contributed by atoms with Gasteiger partial charge in [-0.25, -0.2) is 33.6 Å². The summed E-state index contributed by atoms with van der Waals surface area (Å²) >= 11 is 0. The van der Waals surface area contributed by atoms with Gasteiger partial charge in [-0.15, -0.1) is 0 Å². The SMILES string of the molecule is COc1ccc(/C=C/C(=O)O[C@@H]2[C@@H](OC(=O)/C=C/c3ccc(OC)cc3)[C@H](O[C@H]3[C@H](O[C@H]4CC[C@@]5(C)C(CC[C@]6(C)C5C(=O)C=C5C7C[C@@](C)(C(=O)O)CC[C@]7(C)CC[C@]56C)C4(C)C)O[C@H](C(=O)O)[C@@H](OC(=O)/C=C/c4ccc(OC)cc4)[C@@H]3OC(=O)/C=C/c3ccc(OC)cc3)O[C@H](C(=O)O)[C@H]2OC(=O)/C=C/c2ccc(OC)cc2)cc1. The minimum atomic E-state index is -2.45. The van der Waals surface area contributed by atoms with Crippen molar-refractivity contribution in [3.8, 4) is 28.7 Å². The van der Waals surface area contributed by atoms with Crippen LogP contribution in [0.4, 0.5) is 0 Å². The van der Waals surface area contributed by atoms with E-state index < -0.39 is 148 Å². The van der Waals surface area contributed by atoms with Crippen LogP contribution >= 0.6 is 0 Å². The summed E-state index contributed by atoms with van der Waals surface area (Å²) in [5, 5.41) is 33.7. The molecule has 5 aliphatic carbocycles. The van der Waals surface area contributed by atoms with E-state index in [1.807, 2.05) is 26.8 Å².